The molecule has 7 heteroatoms. The van der Waals surface area contributed by atoms with Gasteiger partial charge in [0.15, 0.2) is 5.82 Å². The van der Waals surface area contributed by atoms with Crippen LogP contribution in [0.25, 0.3) is 22.3 Å². The van der Waals surface area contributed by atoms with Crippen LogP contribution in [0.15, 0.2) is 72.8 Å². The number of nitro groups is 1. The van der Waals surface area contributed by atoms with Crippen LogP contribution in [0.3, 0.4) is 0 Å². The Kier molecular flexibility index (Phi) is 5.15. The molecule has 3 aromatic carbocycles. The quantitative estimate of drug-likeness (QED) is 0.344. The van der Waals surface area contributed by atoms with Crippen molar-refractivity contribution in [2.24, 2.45) is 0 Å². The Labute approximate surface area is 186 Å². The Morgan fingerprint density at radius 1 is 0.812 bits per heavy atom. The van der Waals surface area contributed by atoms with Crippen LogP contribution in [0.1, 0.15) is 5.56 Å². The number of non-ortho nitro benzene ring substituents is 1. The van der Waals surface area contributed by atoms with Crippen molar-refractivity contribution in [1.29, 1.82) is 0 Å². The van der Waals surface area contributed by atoms with E-state index in [1.54, 1.807) is 12.1 Å². The highest BCUT2D eigenvalue weighted by Crippen LogP contribution is 2.29. The number of aromatic nitrogens is 2. The average molecular weight is 425 g/mol. The maximum atomic E-state index is 10.9. The Hall–Kier alpha value is -4.00. The minimum Gasteiger partial charge on any atom is -0.368 e. The molecule has 1 aliphatic rings. The fourth-order valence-corrected chi connectivity index (χ4v) is 4.09. The molecule has 0 atom stereocenters. The van der Waals surface area contributed by atoms with Crippen LogP contribution < -0.4 is 9.80 Å². The summed E-state index contributed by atoms with van der Waals surface area (Å²) in [5.74, 6) is 1.69. The van der Waals surface area contributed by atoms with Gasteiger partial charge in [-0.25, -0.2) is 9.97 Å². The van der Waals surface area contributed by atoms with Gasteiger partial charge in [0.25, 0.3) is 5.69 Å². The molecule has 0 spiro atoms. The molecule has 1 saturated heterocycles. The van der Waals surface area contributed by atoms with E-state index in [0.717, 1.165) is 60.0 Å². The average Bonchev–Trinajstić information content (AvgIpc) is 2.84. The van der Waals surface area contributed by atoms with Gasteiger partial charge in [-0.1, -0.05) is 42.0 Å². The van der Waals surface area contributed by atoms with Crippen molar-refractivity contribution in [2.45, 2.75) is 6.92 Å². The lowest BCUT2D eigenvalue weighted by Gasteiger charge is -2.37. The van der Waals surface area contributed by atoms with Crippen LogP contribution in [-0.2, 0) is 0 Å². The molecule has 4 aromatic rings. The highest BCUT2D eigenvalue weighted by atomic mass is 16.6. The molecule has 0 unspecified atom stereocenters. The minimum atomic E-state index is -0.367. The summed E-state index contributed by atoms with van der Waals surface area (Å²) in [7, 11) is 0. The van der Waals surface area contributed by atoms with Gasteiger partial charge in [0, 0.05) is 54.9 Å². The molecular formula is C25H23N5O2. The molecule has 0 aliphatic carbocycles. The first-order valence-electron chi connectivity index (χ1n) is 10.7. The molecule has 0 radical (unpaired) electrons. The summed E-state index contributed by atoms with van der Waals surface area (Å²) in [6, 6.07) is 23.2. The zero-order valence-corrected chi connectivity index (χ0v) is 17.8. The van der Waals surface area contributed by atoms with E-state index in [1.807, 2.05) is 30.3 Å². The number of hydrogen-bond acceptors (Lipinski definition) is 6. The number of anilines is 2. The summed E-state index contributed by atoms with van der Waals surface area (Å²) in [6.07, 6.45) is 0. The van der Waals surface area contributed by atoms with Crippen molar-refractivity contribution in [2.75, 3.05) is 36.0 Å². The highest BCUT2D eigenvalue weighted by molar-refractivity contribution is 5.91. The lowest BCUT2D eigenvalue weighted by molar-refractivity contribution is -0.384. The van der Waals surface area contributed by atoms with Crippen LogP contribution in [0, 0.1) is 17.0 Å². The van der Waals surface area contributed by atoms with E-state index >= 15 is 0 Å². The van der Waals surface area contributed by atoms with Crippen LogP contribution in [-0.4, -0.2) is 41.1 Å². The summed E-state index contributed by atoms with van der Waals surface area (Å²) >= 11 is 0. The molecule has 1 aliphatic heterocycles. The fourth-order valence-electron chi connectivity index (χ4n) is 4.09. The SMILES string of the molecule is Cc1ccc(-c2nc(N3CCN(c4ccc([N+](=O)[O-])cc4)CC3)c3ccccc3n2)cc1. The van der Waals surface area contributed by atoms with Crippen LogP contribution in [0.5, 0.6) is 0 Å². The smallest absolute Gasteiger partial charge is 0.269 e. The predicted octanol–water partition coefficient (Wildman–Crippen LogP) is 4.84. The molecule has 0 amide bonds. The van der Waals surface area contributed by atoms with Crippen molar-refractivity contribution < 1.29 is 4.92 Å². The topological polar surface area (TPSA) is 75.4 Å². The Balaban J connectivity index is 1.42. The number of hydrogen-bond donors (Lipinski definition) is 0. The van der Waals surface area contributed by atoms with E-state index in [0.29, 0.717) is 0 Å². The second-order valence-corrected chi connectivity index (χ2v) is 8.00. The van der Waals surface area contributed by atoms with Gasteiger partial charge in [0.05, 0.1) is 10.4 Å². The third-order valence-corrected chi connectivity index (χ3v) is 5.90. The molecule has 1 fully saturated rings. The Morgan fingerprint density at radius 3 is 2.16 bits per heavy atom. The molecule has 0 saturated carbocycles. The van der Waals surface area contributed by atoms with Gasteiger partial charge in [-0.3, -0.25) is 10.1 Å². The van der Waals surface area contributed by atoms with Crippen LogP contribution >= 0.6 is 0 Å². The van der Waals surface area contributed by atoms with Crippen LogP contribution in [0.4, 0.5) is 17.2 Å². The number of rotatable bonds is 4. The second kappa shape index (κ2) is 8.26. The first-order chi connectivity index (χ1) is 15.6. The number of nitro benzene ring substituents is 1. The summed E-state index contributed by atoms with van der Waals surface area (Å²) in [6.45, 7) is 5.32. The second-order valence-electron chi connectivity index (χ2n) is 8.00. The number of fused-ring (bicyclic) bond motifs is 1. The van der Waals surface area contributed by atoms with Gasteiger partial charge in [-0.15, -0.1) is 0 Å². The van der Waals surface area contributed by atoms with E-state index in [2.05, 4.69) is 47.1 Å². The largest absolute Gasteiger partial charge is 0.368 e. The fraction of sp³-hybridized carbons (Fsp3) is 0.200. The van der Waals surface area contributed by atoms with Crippen molar-refractivity contribution in [3.05, 3.63) is 88.5 Å². The van der Waals surface area contributed by atoms with Crippen LogP contribution in [0.2, 0.25) is 0 Å². The van der Waals surface area contributed by atoms with Crippen molar-refractivity contribution in [3.63, 3.8) is 0 Å². The summed E-state index contributed by atoms with van der Waals surface area (Å²) in [4.78, 5) is 24.9. The van der Waals surface area contributed by atoms with Gasteiger partial charge in [0.2, 0.25) is 0 Å². The maximum absolute atomic E-state index is 10.9. The van der Waals surface area contributed by atoms with Gasteiger partial charge in [-0.2, -0.15) is 0 Å². The van der Waals surface area contributed by atoms with Gasteiger partial charge >= 0.3 is 0 Å². The lowest BCUT2D eigenvalue weighted by atomic mass is 10.1. The molecular weight excluding hydrogens is 402 g/mol. The number of benzene rings is 3. The normalized spacial score (nSPS) is 14.0. The Bertz CT molecular complexity index is 1260. The summed E-state index contributed by atoms with van der Waals surface area (Å²) in [5, 5.41) is 12.0. The van der Waals surface area contributed by atoms with Crippen molar-refractivity contribution >= 4 is 28.1 Å². The zero-order valence-electron chi connectivity index (χ0n) is 17.8. The van der Waals surface area contributed by atoms with Gasteiger partial charge < -0.3 is 9.80 Å². The number of nitrogens with zero attached hydrogens (tertiary/aromatic N) is 5. The number of para-hydroxylation sites is 1. The molecule has 5 rings (SSSR count). The molecule has 32 heavy (non-hydrogen) atoms. The number of aryl methyl sites for hydroxylation is 1. The predicted molar refractivity (Wildman–Crippen MR) is 127 cm³/mol. The third kappa shape index (κ3) is 3.85. The zero-order chi connectivity index (χ0) is 22.1. The molecule has 0 bridgehead atoms. The maximum Gasteiger partial charge on any atom is 0.269 e. The first-order valence-corrected chi connectivity index (χ1v) is 10.7. The molecule has 160 valence electrons. The highest BCUT2D eigenvalue weighted by Gasteiger charge is 2.22. The number of piperazine rings is 1. The van der Waals surface area contributed by atoms with Crippen molar-refractivity contribution in [3.8, 4) is 11.4 Å². The summed E-state index contributed by atoms with van der Waals surface area (Å²) < 4.78 is 0. The third-order valence-electron chi connectivity index (χ3n) is 5.90. The standard InChI is InChI=1S/C25H23N5O2/c1-18-6-8-19(9-7-18)24-26-23-5-3-2-4-22(23)25(27-24)29-16-14-28(15-17-29)20-10-12-21(13-11-20)30(31)32/h2-13H,14-17H2,1H3. The molecule has 0 N–H and O–H groups in total. The lowest BCUT2D eigenvalue weighted by Crippen LogP contribution is -2.47. The van der Waals surface area contributed by atoms with Gasteiger partial charge in [0.1, 0.15) is 5.82 Å². The Morgan fingerprint density at radius 2 is 1.47 bits per heavy atom. The van der Waals surface area contributed by atoms with Crippen molar-refractivity contribution in [1.82, 2.24) is 9.97 Å². The monoisotopic (exact) mass is 425 g/mol. The summed E-state index contributed by atoms with van der Waals surface area (Å²) in [5.41, 5.74) is 4.27. The van der Waals surface area contributed by atoms with Gasteiger partial charge in [-0.05, 0) is 31.2 Å². The first kappa shape index (κ1) is 19.9. The van der Waals surface area contributed by atoms with E-state index < -0.39 is 0 Å². The minimum absolute atomic E-state index is 0.114. The van der Waals surface area contributed by atoms with E-state index in [-0.39, 0.29) is 10.6 Å². The molecule has 1 aromatic heterocycles. The molecule has 2 heterocycles. The van der Waals surface area contributed by atoms with E-state index in [1.165, 1.54) is 5.56 Å². The van der Waals surface area contributed by atoms with E-state index in [9.17, 15) is 10.1 Å². The molecule has 7 nitrogen and oxygen atoms in total. The van der Waals surface area contributed by atoms with E-state index in [4.69, 9.17) is 9.97 Å².